The van der Waals surface area contributed by atoms with E-state index in [1.54, 1.807) is 32.9 Å². The van der Waals surface area contributed by atoms with Crippen molar-refractivity contribution in [2.24, 2.45) is 0 Å². The summed E-state index contributed by atoms with van der Waals surface area (Å²) in [5, 5.41) is 0. The number of hydrogen-bond donors (Lipinski definition) is 0. The van der Waals surface area contributed by atoms with Crippen LogP contribution in [0.5, 0.6) is 11.5 Å². The summed E-state index contributed by atoms with van der Waals surface area (Å²) in [5.74, 6) is -1.38. The third kappa shape index (κ3) is 7.44. The lowest BCUT2D eigenvalue weighted by atomic mass is 9.91. The number of esters is 3. The number of ether oxygens (including phenoxy) is 3. The van der Waals surface area contributed by atoms with Crippen molar-refractivity contribution in [3.8, 4) is 33.8 Å². The van der Waals surface area contributed by atoms with Crippen LogP contribution in [-0.2, 0) is 25.5 Å². The zero-order valence-corrected chi connectivity index (χ0v) is 23.7. The first kappa shape index (κ1) is 29.8. The molecule has 0 radical (unpaired) electrons. The fourth-order valence-electron chi connectivity index (χ4n) is 3.89. The number of carbonyl (C=O) groups is 3. The van der Waals surface area contributed by atoms with Gasteiger partial charge in [-0.15, -0.1) is 0 Å². The number of aryl methyl sites for hydroxylation is 2. The molecule has 6 nitrogen and oxygen atoms in total. The Kier molecular flexibility index (Phi) is 9.62. The van der Waals surface area contributed by atoms with Gasteiger partial charge in [0.05, 0.1) is 6.61 Å². The van der Waals surface area contributed by atoms with E-state index in [4.69, 9.17) is 14.2 Å². The van der Waals surface area contributed by atoms with Crippen molar-refractivity contribution in [3.63, 3.8) is 0 Å². The summed E-state index contributed by atoms with van der Waals surface area (Å²) >= 11 is 0. The second-order valence-electron chi connectivity index (χ2n) is 9.85. The number of rotatable bonds is 10. The monoisotopic (exact) mass is 538 g/mol. The van der Waals surface area contributed by atoms with Gasteiger partial charge in [-0.2, -0.15) is 0 Å². The molecule has 3 aromatic carbocycles. The van der Waals surface area contributed by atoms with Gasteiger partial charge in [-0.25, -0.2) is 14.4 Å². The van der Waals surface area contributed by atoms with E-state index < -0.39 is 11.9 Å². The quantitative estimate of drug-likeness (QED) is 0.154. The highest BCUT2D eigenvalue weighted by Gasteiger charge is 2.17. The lowest BCUT2D eigenvalue weighted by molar-refractivity contribution is -0.138. The van der Waals surface area contributed by atoms with Gasteiger partial charge in [-0.3, -0.25) is 0 Å². The Labute approximate surface area is 235 Å². The minimum atomic E-state index is -0.620. The molecule has 0 heterocycles. The van der Waals surface area contributed by atoms with Crippen LogP contribution in [0.25, 0.3) is 22.3 Å². The predicted octanol–water partition coefficient (Wildman–Crippen LogP) is 7.26. The van der Waals surface area contributed by atoms with Crippen molar-refractivity contribution in [3.05, 3.63) is 108 Å². The fourth-order valence-corrected chi connectivity index (χ4v) is 3.89. The minimum Gasteiger partial charge on any atom is -0.462 e. The Morgan fingerprint density at radius 1 is 0.625 bits per heavy atom. The molecule has 0 saturated carbocycles. The number of hydrogen-bond acceptors (Lipinski definition) is 6. The van der Waals surface area contributed by atoms with Crippen LogP contribution < -0.4 is 9.47 Å². The Balaban J connectivity index is 1.89. The minimum absolute atomic E-state index is 0.116. The van der Waals surface area contributed by atoms with Gasteiger partial charge in [0.25, 0.3) is 0 Å². The van der Waals surface area contributed by atoms with Crippen LogP contribution in [0.3, 0.4) is 0 Å². The average molecular weight is 539 g/mol. The number of benzene rings is 3. The molecule has 0 aliphatic heterocycles. The first-order valence-corrected chi connectivity index (χ1v) is 12.8. The van der Waals surface area contributed by atoms with Gasteiger partial charge in [0, 0.05) is 23.1 Å². The molecule has 0 spiro atoms. The zero-order valence-electron chi connectivity index (χ0n) is 23.7. The lowest BCUT2D eigenvalue weighted by Crippen LogP contribution is -2.12. The second kappa shape index (κ2) is 12.9. The molecule has 0 aromatic heterocycles. The smallest absolute Gasteiger partial charge is 0.338 e. The highest BCUT2D eigenvalue weighted by Crippen LogP contribution is 2.37. The normalized spacial score (nSPS) is 10.4. The summed E-state index contributed by atoms with van der Waals surface area (Å²) < 4.78 is 16.1. The number of carbonyl (C=O) groups excluding carboxylic acids is 3. The van der Waals surface area contributed by atoms with Gasteiger partial charge in [0.2, 0.25) is 0 Å². The summed E-state index contributed by atoms with van der Waals surface area (Å²) in [6, 6.07) is 17.5. The van der Waals surface area contributed by atoms with Crippen molar-refractivity contribution < 1.29 is 28.6 Å². The van der Waals surface area contributed by atoms with Crippen LogP contribution in [-0.4, -0.2) is 24.5 Å². The third-order valence-electron chi connectivity index (χ3n) is 6.17. The molecule has 0 fully saturated rings. The molecule has 3 rings (SSSR count). The van der Waals surface area contributed by atoms with Gasteiger partial charge < -0.3 is 14.2 Å². The maximum Gasteiger partial charge on any atom is 0.338 e. The highest BCUT2D eigenvalue weighted by atomic mass is 16.6. The molecule has 0 N–H and O–H groups in total. The van der Waals surface area contributed by atoms with E-state index >= 15 is 0 Å². The van der Waals surface area contributed by atoms with Gasteiger partial charge in [0.15, 0.2) is 11.5 Å². The predicted molar refractivity (Wildman–Crippen MR) is 157 cm³/mol. The largest absolute Gasteiger partial charge is 0.462 e. The summed E-state index contributed by atoms with van der Waals surface area (Å²) in [6.07, 6.45) is 0.617. The van der Waals surface area contributed by atoms with Gasteiger partial charge in [0.1, 0.15) is 0 Å². The van der Waals surface area contributed by atoms with E-state index in [1.165, 1.54) is 0 Å². The van der Waals surface area contributed by atoms with Crippen LogP contribution >= 0.6 is 0 Å². The van der Waals surface area contributed by atoms with E-state index in [-0.39, 0.29) is 28.6 Å². The molecule has 0 bridgehead atoms. The van der Waals surface area contributed by atoms with Crippen LogP contribution in [0.4, 0.5) is 0 Å². The van der Waals surface area contributed by atoms with Gasteiger partial charge >= 0.3 is 17.9 Å². The van der Waals surface area contributed by atoms with Crippen molar-refractivity contribution in [2.45, 2.75) is 41.0 Å². The standard InChI is InChI=1S/C34H34O6/c1-20(2)32(35)38-16-15-25-9-11-26(12-10-25)28-17-24(8)29(18-23(28)7)27-13-14-30(39-33(36)21(3)4)31(19-27)40-34(37)22(5)6/h9-14,17-19H,1,3,5,15-16H2,2,4,6-8H3. The lowest BCUT2D eigenvalue weighted by Gasteiger charge is -2.16. The van der Waals surface area contributed by atoms with Crippen LogP contribution in [0.1, 0.15) is 37.5 Å². The molecule has 0 aliphatic rings. The maximum absolute atomic E-state index is 12.3. The second-order valence-corrected chi connectivity index (χ2v) is 9.85. The molecule has 0 atom stereocenters. The van der Waals surface area contributed by atoms with E-state index in [9.17, 15) is 14.4 Å². The molecule has 206 valence electrons. The Morgan fingerprint density at radius 3 is 1.62 bits per heavy atom. The topological polar surface area (TPSA) is 78.9 Å². The molecule has 0 amide bonds. The summed E-state index contributed by atoms with van der Waals surface area (Å²) in [4.78, 5) is 36.0. The molecule has 0 unspecified atom stereocenters. The fraction of sp³-hybridized carbons (Fsp3) is 0.206. The van der Waals surface area contributed by atoms with E-state index in [0.717, 1.165) is 38.9 Å². The Bertz CT molecular complexity index is 1510. The van der Waals surface area contributed by atoms with Crippen LogP contribution in [0, 0.1) is 13.8 Å². The Hall–Kier alpha value is -4.71. The molecule has 0 aliphatic carbocycles. The summed E-state index contributed by atoms with van der Waals surface area (Å²) in [5.41, 5.74) is 7.86. The van der Waals surface area contributed by atoms with E-state index in [2.05, 4.69) is 44.0 Å². The first-order valence-electron chi connectivity index (χ1n) is 12.8. The Morgan fingerprint density at radius 2 is 1.10 bits per heavy atom. The highest BCUT2D eigenvalue weighted by molar-refractivity contribution is 5.91. The van der Waals surface area contributed by atoms with Gasteiger partial charge in [-0.05, 0) is 85.7 Å². The average Bonchev–Trinajstić information content (AvgIpc) is 2.90. The van der Waals surface area contributed by atoms with Gasteiger partial charge in [-0.1, -0.05) is 62.2 Å². The molecule has 3 aromatic rings. The van der Waals surface area contributed by atoms with Crippen molar-refractivity contribution in [2.75, 3.05) is 6.61 Å². The first-order chi connectivity index (χ1) is 18.9. The van der Waals surface area contributed by atoms with E-state index in [0.29, 0.717) is 18.6 Å². The van der Waals surface area contributed by atoms with E-state index in [1.807, 2.05) is 32.0 Å². The maximum atomic E-state index is 12.3. The molecule has 6 heteroatoms. The van der Waals surface area contributed by atoms with Crippen LogP contribution in [0.15, 0.2) is 91.1 Å². The third-order valence-corrected chi connectivity index (χ3v) is 6.17. The van der Waals surface area contributed by atoms with Crippen molar-refractivity contribution >= 4 is 17.9 Å². The molecule has 40 heavy (non-hydrogen) atoms. The zero-order chi connectivity index (χ0) is 29.6. The summed E-state index contributed by atoms with van der Waals surface area (Å²) in [7, 11) is 0. The van der Waals surface area contributed by atoms with Crippen molar-refractivity contribution in [1.82, 2.24) is 0 Å². The molecular weight excluding hydrogens is 504 g/mol. The summed E-state index contributed by atoms with van der Waals surface area (Å²) in [6.45, 7) is 19.9. The molecule has 0 saturated heterocycles. The molecular formula is C34H34O6. The van der Waals surface area contributed by atoms with Crippen LogP contribution in [0.2, 0.25) is 0 Å². The SMILES string of the molecule is C=C(C)C(=O)OCCc1ccc(-c2cc(C)c(-c3ccc(OC(=O)C(=C)C)c(OC(=O)C(=C)C)c3)cc2C)cc1. The van der Waals surface area contributed by atoms with Crippen molar-refractivity contribution in [1.29, 1.82) is 0 Å².